The summed E-state index contributed by atoms with van der Waals surface area (Å²) < 4.78 is 5.21. The first-order valence-corrected chi connectivity index (χ1v) is 6.13. The lowest BCUT2D eigenvalue weighted by Crippen LogP contribution is -2.32. The van der Waals surface area contributed by atoms with E-state index in [1.807, 2.05) is 13.8 Å². The molecule has 0 radical (unpaired) electrons. The monoisotopic (exact) mass is 234 g/mol. The van der Waals surface area contributed by atoms with Crippen molar-refractivity contribution < 1.29 is 4.52 Å². The van der Waals surface area contributed by atoms with Crippen LogP contribution in [0.25, 0.3) is 0 Å². The minimum atomic E-state index is 0.222. The average molecular weight is 234 g/mol. The summed E-state index contributed by atoms with van der Waals surface area (Å²) in [6.07, 6.45) is 1.89. The molecule has 2 heterocycles. The number of nitriles is 1. The lowest BCUT2D eigenvalue weighted by molar-refractivity contribution is 0.175. The van der Waals surface area contributed by atoms with Crippen LogP contribution in [0, 0.1) is 17.2 Å². The Morgan fingerprint density at radius 2 is 2.18 bits per heavy atom. The van der Waals surface area contributed by atoms with Crippen LogP contribution >= 0.6 is 0 Å². The van der Waals surface area contributed by atoms with Crippen LogP contribution in [0.1, 0.15) is 44.3 Å². The van der Waals surface area contributed by atoms with Crippen molar-refractivity contribution in [2.24, 2.45) is 5.92 Å². The highest BCUT2D eigenvalue weighted by atomic mass is 16.5. The largest absolute Gasteiger partial charge is 0.338 e. The molecule has 2 rings (SSSR count). The number of nitrogens with zero attached hydrogens (tertiary/aromatic N) is 4. The maximum Gasteiger partial charge on any atom is 0.240 e. The van der Waals surface area contributed by atoms with Crippen LogP contribution in [-0.2, 0) is 6.54 Å². The molecule has 1 aromatic rings. The van der Waals surface area contributed by atoms with Crippen molar-refractivity contribution in [1.82, 2.24) is 15.0 Å². The molecule has 1 fully saturated rings. The first-order valence-electron chi connectivity index (χ1n) is 6.13. The van der Waals surface area contributed by atoms with Gasteiger partial charge in [-0.05, 0) is 25.9 Å². The molecule has 0 spiro atoms. The molecule has 0 saturated carbocycles. The number of piperidine rings is 1. The molecule has 1 aromatic heterocycles. The van der Waals surface area contributed by atoms with E-state index in [1.54, 1.807) is 0 Å². The van der Waals surface area contributed by atoms with E-state index in [9.17, 15) is 0 Å². The molecule has 1 aliphatic rings. The van der Waals surface area contributed by atoms with Crippen molar-refractivity contribution >= 4 is 0 Å². The molecule has 0 atom stereocenters. The molecule has 0 amide bonds. The molecule has 0 unspecified atom stereocenters. The summed E-state index contributed by atoms with van der Waals surface area (Å²) in [7, 11) is 0. The van der Waals surface area contributed by atoms with E-state index in [1.165, 1.54) is 0 Å². The van der Waals surface area contributed by atoms with Crippen LogP contribution in [0.2, 0.25) is 0 Å². The van der Waals surface area contributed by atoms with Gasteiger partial charge >= 0.3 is 0 Å². The van der Waals surface area contributed by atoms with Crippen molar-refractivity contribution in [3.63, 3.8) is 0 Å². The van der Waals surface area contributed by atoms with Crippen LogP contribution in [0.15, 0.2) is 4.52 Å². The Bertz CT molecular complexity index is 399. The van der Waals surface area contributed by atoms with Crippen molar-refractivity contribution in [1.29, 1.82) is 5.26 Å². The summed E-state index contributed by atoms with van der Waals surface area (Å²) >= 11 is 0. The molecule has 1 aliphatic heterocycles. The van der Waals surface area contributed by atoms with Crippen molar-refractivity contribution in [2.75, 3.05) is 13.1 Å². The van der Waals surface area contributed by atoms with Crippen molar-refractivity contribution in [3.8, 4) is 6.07 Å². The van der Waals surface area contributed by atoms with Gasteiger partial charge in [0.15, 0.2) is 5.82 Å². The fraction of sp³-hybridized carbons (Fsp3) is 0.750. The Hall–Kier alpha value is -1.41. The first kappa shape index (κ1) is 12.1. The summed E-state index contributed by atoms with van der Waals surface area (Å²) in [6, 6.07) is 2.33. The predicted octanol–water partition coefficient (Wildman–Crippen LogP) is 1.93. The van der Waals surface area contributed by atoms with E-state index < -0.39 is 0 Å². The minimum Gasteiger partial charge on any atom is -0.338 e. The fourth-order valence-electron chi connectivity index (χ4n) is 1.98. The lowest BCUT2D eigenvalue weighted by atomic mass is 9.99. The zero-order valence-electron chi connectivity index (χ0n) is 10.4. The highest BCUT2D eigenvalue weighted by molar-refractivity contribution is 4.93. The molecule has 17 heavy (non-hydrogen) atoms. The number of hydrogen-bond acceptors (Lipinski definition) is 5. The third kappa shape index (κ3) is 3.04. The first-order chi connectivity index (χ1) is 8.19. The third-order valence-electron chi connectivity index (χ3n) is 3.13. The molecule has 0 N–H and O–H groups in total. The van der Waals surface area contributed by atoms with Gasteiger partial charge in [-0.25, -0.2) is 0 Å². The molecular weight excluding hydrogens is 216 g/mol. The Balaban J connectivity index is 1.87. The van der Waals surface area contributed by atoms with E-state index in [0.29, 0.717) is 18.4 Å². The standard InChI is InChI=1S/C12H18N4O/c1-9(2)12-14-11(17-15-12)8-16-5-3-10(7-13)4-6-16/h9-10H,3-6,8H2,1-2H3. The third-order valence-corrected chi connectivity index (χ3v) is 3.13. The van der Waals surface area contributed by atoms with Gasteiger partial charge in [-0.2, -0.15) is 10.2 Å². The maximum absolute atomic E-state index is 8.82. The molecular formula is C12H18N4O. The predicted molar refractivity (Wildman–Crippen MR) is 62.0 cm³/mol. The maximum atomic E-state index is 8.82. The summed E-state index contributed by atoms with van der Waals surface area (Å²) in [5.74, 6) is 1.98. The molecule has 92 valence electrons. The van der Waals surface area contributed by atoms with Gasteiger partial charge in [0.25, 0.3) is 0 Å². The van der Waals surface area contributed by atoms with E-state index >= 15 is 0 Å². The second-order valence-corrected chi connectivity index (χ2v) is 4.88. The molecule has 0 aliphatic carbocycles. The van der Waals surface area contributed by atoms with Gasteiger partial charge in [0.05, 0.1) is 12.6 Å². The van der Waals surface area contributed by atoms with E-state index in [4.69, 9.17) is 9.78 Å². The molecule has 1 saturated heterocycles. The average Bonchev–Trinajstić information content (AvgIpc) is 2.79. The minimum absolute atomic E-state index is 0.222. The normalized spacial score (nSPS) is 18.5. The lowest BCUT2D eigenvalue weighted by Gasteiger charge is -2.27. The summed E-state index contributed by atoms with van der Waals surface area (Å²) in [5, 5.41) is 12.8. The SMILES string of the molecule is CC(C)c1noc(CN2CCC(C#N)CC2)n1. The second-order valence-electron chi connectivity index (χ2n) is 4.88. The van der Waals surface area contributed by atoms with Crippen LogP contribution in [0.4, 0.5) is 0 Å². The summed E-state index contributed by atoms with van der Waals surface area (Å²) in [4.78, 5) is 6.63. The van der Waals surface area contributed by atoms with Gasteiger partial charge in [-0.15, -0.1) is 0 Å². The van der Waals surface area contributed by atoms with Crippen LogP contribution in [0.3, 0.4) is 0 Å². The van der Waals surface area contributed by atoms with Gasteiger partial charge in [0.2, 0.25) is 5.89 Å². The number of hydrogen-bond donors (Lipinski definition) is 0. The Morgan fingerprint density at radius 1 is 1.47 bits per heavy atom. The van der Waals surface area contributed by atoms with Gasteiger partial charge in [0.1, 0.15) is 0 Å². The van der Waals surface area contributed by atoms with Crippen molar-refractivity contribution in [2.45, 2.75) is 39.2 Å². The van der Waals surface area contributed by atoms with Crippen LogP contribution < -0.4 is 0 Å². The highest BCUT2D eigenvalue weighted by Crippen LogP contribution is 2.18. The Kier molecular flexibility index (Phi) is 3.75. The number of aromatic nitrogens is 2. The Labute approximate surface area is 101 Å². The molecule has 5 nitrogen and oxygen atoms in total. The van der Waals surface area contributed by atoms with Gasteiger partial charge < -0.3 is 4.52 Å². The highest BCUT2D eigenvalue weighted by Gasteiger charge is 2.20. The van der Waals surface area contributed by atoms with E-state index in [2.05, 4.69) is 21.1 Å². The smallest absolute Gasteiger partial charge is 0.240 e. The zero-order chi connectivity index (χ0) is 12.3. The van der Waals surface area contributed by atoms with Gasteiger partial charge in [0, 0.05) is 11.8 Å². The molecule has 5 heteroatoms. The quantitative estimate of drug-likeness (QED) is 0.799. The van der Waals surface area contributed by atoms with Gasteiger partial charge in [-0.3, -0.25) is 4.90 Å². The summed E-state index contributed by atoms with van der Waals surface area (Å²) in [6.45, 7) is 6.69. The molecule has 0 aromatic carbocycles. The second kappa shape index (κ2) is 5.28. The number of rotatable bonds is 3. The van der Waals surface area contributed by atoms with E-state index in [-0.39, 0.29) is 5.92 Å². The number of likely N-dealkylation sites (tertiary alicyclic amines) is 1. The fourth-order valence-corrected chi connectivity index (χ4v) is 1.98. The summed E-state index contributed by atoms with van der Waals surface area (Å²) in [5.41, 5.74) is 0. The van der Waals surface area contributed by atoms with Crippen molar-refractivity contribution in [3.05, 3.63) is 11.7 Å². The molecule has 0 bridgehead atoms. The zero-order valence-corrected chi connectivity index (χ0v) is 10.4. The van der Waals surface area contributed by atoms with Crippen LogP contribution in [0.5, 0.6) is 0 Å². The van der Waals surface area contributed by atoms with Gasteiger partial charge in [-0.1, -0.05) is 19.0 Å². The van der Waals surface area contributed by atoms with E-state index in [0.717, 1.165) is 31.8 Å². The topological polar surface area (TPSA) is 66.0 Å². The van der Waals surface area contributed by atoms with Crippen LogP contribution in [-0.4, -0.2) is 28.1 Å². The Morgan fingerprint density at radius 3 is 2.71 bits per heavy atom.